The van der Waals surface area contributed by atoms with Crippen molar-refractivity contribution in [3.63, 3.8) is 0 Å². The van der Waals surface area contributed by atoms with Gasteiger partial charge in [-0.2, -0.15) is 0 Å². The van der Waals surface area contributed by atoms with E-state index in [1.165, 1.54) is 6.92 Å². The molecule has 0 aliphatic carbocycles. The van der Waals surface area contributed by atoms with Crippen LogP contribution >= 0.6 is 0 Å². The fourth-order valence-electron chi connectivity index (χ4n) is 2.83. The third kappa shape index (κ3) is 6.82. The average molecular weight is 399 g/mol. The second kappa shape index (κ2) is 10.5. The molecule has 0 aliphatic heterocycles. The molecule has 29 heavy (non-hydrogen) atoms. The van der Waals surface area contributed by atoms with E-state index < -0.39 is 0 Å². The highest BCUT2D eigenvalue weighted by atomic mass is 16.5. The maximum absolute atomic E-state index is 12.5. The molecule has 6 heteroatoms. The second-order valence-corrected chi connectivity index (χ2v) is 7.27. The maximum Gasteiger partial charge on any atom is 0.226 e. The Morgan fingerprint density at radius 3 is 2.07 bits per heavy atom. The first-order valence-corrected chi connectivity index (χ1v) is 9.87. The summed E-state index contributed by atoms with van der Waals surface area (Å²) in [5, 5.41) is 2.88. The normalized spacial score (nSPS) is 10.7. The largest absolute Gasteiger partial charge is 0.489 e. The zero-order chi connectivity index (χ0) is 21.4. The molecule has 2 aromatic rings. The Kier molecular flexibility index (Phi) is 8.07. The van der Waals surface area contributed by atoms with Crippen LogP contribution < -0.4 is 19.7 Å². The number of nitrogens with zero attached hydrogens (tertiary/aromatic N) is 1. The Labute approximate surface area is 172 Å². The van der Waals surface area contributed by atoms with Crippen molar-refractivity contribution in [3.05, 3.63) is 48.5 Å². The van der Waals surface area contributed by atoms with Gasteiger partial charge in [-0.3, -0.25) is 9.59 Å². The van der Waals surface area contributed by atoms with Crippen LogP contribution in [0.3, 0.4) is 0 Å². The lowest BCUT2D eigenvalue weighted by Gasteiger charge is -2.24. The highest BCUT2D eigenvalue weighted by molar-refractivity contribution is 5.96. The molecule has 0 atom stereocenters. The van der Waals surface area contributed by atoms with Gasteiger partial charge in [0, 0.05) is 19.9 Å². The minimum Gasteiger partial charge on any atom is -0.489 e. The zero-order valence-corrected chi connectivity index (χ0v) is 17.8. The monoisotopic (exact) mass is 398 g/mol. The van der Waals surface area contributed by atoms with Gasteiger partial charge in [0.25, 0.3) is 0 Å². The summed E-state index contributed by atoms with van der Waals surface area (Å²) in [6, 6.07) is 14.7. The first-order valence-electron chi connectivity index (χ1n) is 9.87. The fourth-order valence-corrected chi connectivity index (χ4v) is 2.83. The lowest BCUT2D eigenvalue weighted by molar-refractivity contribution is -0.117. The van der Waals surface area contributed by atoms with Gasteiger partial charge in [0.1, 0.15) is 11.5 Å². The van der Waals surface area contributed by atoms with E-state index in [1.54, 1.807) is 11.0 Å². The summed E-state index contributed by atoms with van der Waals surface area (Å²) in [6.07, 6.45) is 0.121. The molecule has 0 spiro atoms. The Morgan fingerprint density at radius 2 is 1.45 bits per heavy atom. The second-order valence-electron chi connectivity index (χ2n) is 7.27. The van der Waals surface area contributed by atoms with Crippen molar-refractivity contribution in [3.8, 4) is 11.5 Å². The van der Waals surface area contributed by atoms with E-state index in [-0.39, 0.29) is 37.0 Å². The van der Waals surface area contributed by atoms with Crippen LogP contribution in [0.1, 0.15) is 41.0 Å². The lowest BCUT2D eigenvalue weighted by atomic mass is 10.2. The number of benzene rings is 2. The molecule has 0 heterocycles. The van der Waals surface area contributed by atoms with Crippen molar-refractivity contribution in [1.29, 1.82) is 0 Å². The van der Waals surface area contributed by atoms with Crippen molar-refractivity contribution in [2.24, 2.45) is 0 Å². The summed E-state index contributed by atoms with van der Waals surface area (Å²) in [5.41, 5.74) is 1.27. The van der Waals surface area contributed by atoms with Gasteiger partial charge in [-0.25, -0.2) is 0 Å². The van der Waals surface area contributed by atoms with Gasteiger partial charge in [-0.1, -0.05) is 24.3 Å². The van der Waals surface area contributed by atoms with Crippen molar-refractivity contribution < 1.29 is 19.1 Å². The van der Waals surface area contributed by atoms with Crippen LogP contribution in [-0.2, 0) is 9.59 Å². The smallest absolute Gasteiger partial charge is 0.226 e. The first-order chi connectivity index (χ1) is 13.8. The van der Waals surface area contributed by atoms with Crippen LogP contribution in [0.4, 0.5) is 11.4 Å². The van der Waals surface area contributed by atoms with Crippen molar-refractivity contribution >= 4 is 23.2 Å². The van der Waals surface area contributed by atoms with E-state index >= 15 is 0 Å². The lowest BCUT2D eigenvalue weighted by Crippen LogP contribution is -2.32. The molecule has 2 amide bonds. The number of hydrogen-bond donors (Lipinski definition) is 1. The highest BCUT2D eigenvalue weighted by Gasteiger charge is 2.18. The molecule has 0 unspecified atom stereocenters. The van der Waals surface area contributed by atoms with Crippen LogP contribution in [-0.4, -0.2) is 30.6 Å². The van der Waals surface area contributed by atoms with Crippen LogP contribution in [0.2, 0.25) is 0 Å². The fraction of sp³-hybridized carbons (Fsp3) is 0.391. The SMILES string of the molecule is CC(=O)N(CCC(=O)Nc1ccccc1OC(C)C)c1ccccc1OC(C)C. The zero-order valence-electron chi connectivity index (χ0n) is 17.8. The average Bonchev–Trinajstić information content (AvgIpc) is 2.63. The molecule has 0 fully saturated rings. The summed E-state index contributed by atoms with van der Waals surface area (Å²) in [6.45, 7) is 9.45. The number of carbonyl (C=O) groups excluding carboxylic acids is 2. The summed E-state index contributed by atoms with van der Waals surface area (Å²) in [7, 11) is 0. The quantitative estimate of drug-likeness (QED) is 0.668. The number of rotatable bonds is 9. The van der Waals surface area contributed by atoms with Crippen LogP contribution in [0, 0.1) is 0 Å². The topological polar surface area (TPSA) is 67.9 Å². The van der Waals surface area contributed by atoms with Gasteiger partial charge in [-0.15, -0.1) is 0 Å². The molecule has 0 saturated carbocycles. The third-order valence-corrected chi connectivity index (χ3v) is 3.99. The van der Waals surface area contributed by atoms with Gasteiger partial charge < -0.3 is 19.7 Å². The van der Waals surface area contributed by atoms with E-state index in [2.05, 4.69) is 5.32 Å². The van der Waals surface area contributed by atoms with E-state index in [1.807, 2.05) is 70.2 Å². The van der Waals surface area contributed by atoms with E-state index in [4.69, 9.17) is 9.47 Å². The molecule has 0 saturated heterocycles. The number of amides is 2. The summed E-state index contributed by atoms with van der Waals surface area (Å²) in [4.78, 5) is 26.3. The Balaban J connectivity index is 2.09. The summed E-state index contributed by atoms with van der Waals surface area (Å²) >= 11 is 0. The third-order valence-electron chi connectivity index (χ3n) is 3.99. The number of anilines is 2. The van der Waals surface area contributed by atoms with Gasteiger partial charge in [-0.05, 0) is 52.0 Å². The molecule has 2 rings (SSSR count). The Bertz CT molecular complexity index is 833. The molecule has 0 radical (unpaired) electrons. The number of nitrogens with one attached hydrogen (secondary N) is 1. The van der Waals surface area contributed by atoms with Gasteiger partial charge >= 0.3 is 0 Å². The maximum atomic E-state index is 12.5. The number of ether oxygens (including phenoxy) is 2. The molecular weight excluding hydrogens is 368 g/mol. The predicted octanol–water partition coefficient (Wildman–Crippen LogP) is 4.64. The molecule has 0 aromatic heterocycles. The number of carbonyl (C=O) groups is 2. The van der Waals surface area contributed by atoms with E-state index in [0.717, 1.165) is 0 Å². The van der Waals surface area contributed by atoms with Crippen LogP contribution in [0.25, 0.3) is 0 Å². The molecule has 0 bridgehead atoms. The van der Waals surface area contributed by atoms with Crippen molar-refractivity contribution in [1.82, 2.24) is 0 Å². The molecule has 2 aromatic carbocycles. The van der Waals surface area contributed by atoms with Gasteiger partial charge in [0.2, 0.25) is 11.8 Å². The highest BCUT2D eigenvalue weighted by Crippen LogP contribution is 2.29. The van der Waals surface area contributed by atoms with Crippen LogP contribution in [0.5, 0.6) is 11.5 Å². The molecule has 0 aliphatic rings. The van der Waals surface area contributed by atoms with Gasteiger partial charge in [0.05, 0.1) is 23.6 Å². The predicted molar refractivity (Wildman–Crippen MR) is 116 cm³/mol. The standard InChI is InChI=1S/C23H30N2O4/c1-16(2)28-21-12-8-6-10-19(21)24-23(27)14-15-25(18(5)26)20-11-7-9-13-22(20)29-17(3)4/h6-13,16-17H,14-15H2,1-5H3,(H,24,27). The van der Waals surface area contributed by atoms with E-state index in [0.29, 0.717) is 22.9 Å². The molecular formula is C23H30N2O4. The minimum atomic E-state index is -0.196. The number of hydrogen-bond acceptors (Lipinski definition) is 4. The Morgan fingerprint density at radius 1 is 0.897 bits per heavy atom. The van der Waals surface area contributed by atoms with Crippen molar-refractivity contribution in [2.45, 2.75) is 53.2 Å². The van der Waals surface area contributed by atoms with E-state index in [9.17, 15) is 9.59 Å². The number of para-hydroxylation sites is 4. The van der Waals surface area contributed by atoms with Crippen molar-refractivity contribution in [2.75, 3.05) is 16.8 Å². The first kappa shape index (κ1) is 22.3. The summed E-state index contributed by atoms with van der Waals surface area (Å²) < 4.78 is 11.6. The summed E-state index contributed by atoms with van der Waals surface area (Å²) in [5.74, 6) is 0.892. The molecule has 6 nitrogen and oxygen atoms in total. The Hall–Kier alpha value is -3.02. The van der Waals surface area contributed by atoms with Gasteiger partial charge in [0.15, 0.2) is 0 Å². The molecule has 1 N–H and O–H groups in total. The molecule has 156 valence electrons. The minimum absolute atomic E-state index is 0.00119. The van der Waals surface area contributed by atoms with Crippen LogP contribution in [0.15, 0.2) is 48.5 Å².